The Bertz CT molecular complexity index is 1190. The molecule has 5 nitrogen and oxygen atoms in total. The van der Waals surface area contributed by atoms with E-state index >= 15 is 0 Å². The number of hydrogen-bond donors (Lipinski definition) is 0. The fourth-order valence-corrected chi connectivity index (χ4v) is 7.19. The van der Waals surface area contributed by atoms with E-state index in [-0.39, 0.29) is 5.91 Å². The number of rotatable bonds is 3. The molecule has 0 radical (unpaired) electrons. The van der Waals surface area contributed by atoms with Gasteiger partial charge in [-0.2, -0.15) is 0 Å². The molecule has 1 saturated heterocycles. The van der Waals surface area contributed by atoms with E-state index in [0.29, 0.717) is 5.92 Å². The van der Waals surface area contributed by atoms with Gasteiger partial charge in [-0.3, -0.25) is 4.79 Å². The summed E-state index contributed by atoms with van der Waals surface area (Å²) in [6.07, 6.45) is 11.3. The predicted octanol–water partition coefficient (Wildman–Crippen LogP) is 5.89. The lowest BCUT2D eigenvalue weighted by molar-refractivity contribution is 0.0746. The zero-order chi connectivity index (χ0) is 23.1. The number of aryl methyl sites for hydroxylation is 3. The molecule has 0 bridgehead atoms. The highest BCUT2D eigenvalue weighted by molar-refractivity contribution is 7.19. The van der Waals surface area contributed by atoms with Crippen LogP contribution in [0, 0.1) is 6.92 Å². The first kappa shape index (κ1) is 22.0. The molecule has 2 fully saturated rings. The van der Waals surface area contributed by atoms with Gasteiger partial charge in [-0.05, 0) is 63.1 Å². The van der Waals surface area contributed by atoms with Crippen molar-refractivity contribution in [3.05, 3.63) is 51.7 Å². The normalized spacial score (nSPS) is 19.4. The number of carbonyl (C=O) groups is 1. The molecule has 34 heavy (non-hydrogen) atoms. The molecule has 1 saturated carbocycles. The Labute approximate surface area is 206 Å². The van der Waals surface area contributed by atoms with E-state index < -0.39 is 0 Å². The van der Waals surface area contributed by atoms with Crippen molar-refractivity contribution in [2.24, 2.45) is 0 Å². The van der Waals surface area contributed by atoms with E-state index in [2.05, 4.69) is 11.8 Å². The van der Waals surface area contributed by atoms with Crippen molar-refractivity contribution in [2.45, 2.75) is 70.6 Å². The number of thiophene rings is 1. The van der Waals surface area contributed by atoms with E-state index in [1.165, 1.54) is 77.6 Å². The molecule has 1 aliphatic heterocycles. The molecule has 0 spiro atoms. The number of anilines is 1. The minimum atomic E-state index is 0.142. The van der Waals surface area contributed by atoms with Crippen LogP contribution in [0.4, 0.5) is 5.82 Å². The topological polar surface area (TPSA) is 49.3 Å². The number of fused-ring (bicyclic) bond motifs is 3. The summed E-state index contributed by atoms with van der Waals surface area (Å²) in [4.78, 5) is 30.7. The minimum absolute atomic E-state index is 0.142. The van der Waals surface area contributed by atoms with Crippen LogP contribution in [0.1, 0.15) is 83.1 Å². The van der Waals surface area contributed by atoms with Gasteiger partial charge < -0.3 is 9.80 Å². The zero-order valence-electron chi connectivity index (χ0n) is 20.2. The second kappa shape index (κ2) is 9.29. The number of carbonyl (C=O) groups excluding carboxylic acids is 1. The van der Waals surface area contributed by atoms with Crippen molar-refractivity contribution in [3.63, 3.8) is 0 Å². The highest BCUT2D eigenvalue weighted by Gasteiger charge is 2.29. The van der Waals surface area contributed by atoms with Crippen molar-refractivity contribution < 1.29 is 4.79 Å². The second-order valence-electron chi connectivity index (χ2n) is 10.3. The zero-order valence-corrected chi connectivity index (χ0v) is 21.0. The van der Waals surface area contributed by atoms with Crippen LogP contribution >= 0.6 is 11.3 Å². The molecular formula is C28H34N4OS. The van der Waals surface area contributed by atoms with Crippen LogP contribution in [-0.2, 0) is 12.8 Å². The highest BCUT2D eigenvalue weighted by Crippen LogP contribution is 2.42. The molecule has 2 aliphatic carbocycles. The molecule has 178 valence electrons. The first-order valence-electron chi connectivity index (χ1n) is 13.1. The summed E-state index contributed by atoms with van der Waals surface area (Å²) in [6.45, 7) is 5.20. The Balaban J connectivity index is 1.30. The van der Waals surface area contributed by atoms with Gasteiger partial charge in [0.25, 0.3) is 5.91 Å². The van der Waals surface area contributed by atoms with Crippen LogP contribution in [0.5, 0.6) is 0 Å². The molecule has 2 aromatic heterocycles. The maximum absolute atomic E-state index is 13.1. The van der Waals surface area contributed by atoms with E-state index in [1.54, 1.807) is 0 Å². The van der Waals surface area contributed by atoms with Crippen molar-refractivity contribution in [1.29, 1.82) is 0 Å². The number of benzene rings is 1. The molecule has 3 aromatic rings. The number of nitrogens with zero attached hydrogens (tertiary/aromatic N) is 4. The van der Waals surface area contributed by atoms with E-state index in [1.807, 2.05) is 40.5 Å². The van der Waals surface area contributed by atoms with Gasteiger partial charge in [0.05, 0.1) is 5.39 Å². The van der Waals surface area contributed by atoms with Crippen molar-refractivity contribution >= 4 is 33.3 Å². The first-order chi connectivity index (χ1) is 16.7. The molecule has 1 amide bonds. The first-order valence-corrected chi connectivity index (χ1v) is 13.9. The fraction of sp³-hybridized carbons (Fsp3) is 0.536. The lowest BCUT2D eigenvalue weighted by Crippen LogP contribution is -2.49. The van der Waals surface area contributed by atoms with Gasteiger partial charge in [0.2, 0.25) is 0 Å². The van der Waals surface area contributed by atoms with Crippen LogP contribution in [0.15, 0.2) is 24.3 Å². The summed E-state index contributed by atoms with van der Waals surface area (Å²) in [6, 6.07) is 7.94. The van der Waals surface area contributed by atoms with Gasteiger partial charge in [0, 0.05) is 42.5 Å². The minimum Gasteiger partial charge on any atom is -0.352 e. The van der Waals surface area contributed by atoms with E-state index in [4.69, 9.17) is 9.97 Å². The predicted molar refractivity (Wildman–Crippen MR) is 139 cm³/mol. The van der Waals surface area contributed by atoms with Crippen LogP contribution < -0.4 is 4.90 Å². The van der Waals surface area contributed by atoms with Crippen molar-refractivity contribution in [1.82, 2.24) is 14.9 Å². The maximum Gasteiger partial charge on any atom is 0.253 e. The summed E-state index contributed by atoms with van der Waals surface area (Å²) < 4.78 is 0. The molecule has 3 aliphatic rings. The molecule has 0 atom stereocenters. The molecule has 6 rings (SSSR count). The van der Waals surface area contributed by atoms with Gasteiger partial charge in [-0.15, -0.1) is 11.3 Å². The Morgan fingerprint density at radius 1 is 0.912 bits per heavy atom. The molecular weight excluding hydrogens is 440 g/mol. The van der Waals surface area contributed by atoms with Crippen molar-refractivity contribution in [2.75, 3.05) is 31.1 Å². The Morgan fingerprint density at radius 2 is 1.65 bits per heavy atom. The monoisotopic (exact) mass is 474 g/mol. The average Bonchev–Trinajstić information content (AvgIpc) is 3.27. The number of piperazine rings is 1. The maximum atomic E-state index is 13.1. The van der Waals surface area contributed by atoms with Gasteiger partial charge in [0.15, 0.2) is 0 Å². The summed E-state index contributed by atoms with van der Waals surface area (Å²) in [7, 11) is 0. The lowest BCUT2D eigenvalue weighted by Gasteiger charge is -2.36. The van der Waals surface area contributed by atoms with Crippen molar-refractivity contribution in [3.8, 4) is 0 Å². The molecule has 3 heterocycles. The van der Waals surface area contributed by atoms with E-state index in [9.17, 15) is 4.79 Å². The third-order valence-electron chi connectivity index (χ3n) is 7.95. The van der Waals surface area contributed by atoms with Gasteiger partial charge in [-0.25, -0.2) is 9.97 Å². The summed E-state index contributed by atoms with van der Waals surface area (Å²) in [5.74, 6) is 2.86. The van der Waals surface area contributed by atoms with Crippen LogP contribution in [-0.4, -0.2) is 47.0 Å². The average molecular weight is 475 g/mol. The Hall–Kier alpha value is -2.47. The lowest BCUT2D eigenvalue weighted by atomic mass is 9.88. The third-order valence-corrected chi connectivity index (χ3v) is 9.13. The molecule has 0 unspecified atom stereocenters. The molecule has 0 N–H and O–H groups in total. The summed E-state index contributed by atoms with van der Waals surface area (Å²) in [5, 5.41) is 1.32. The van der Waals surface area contributed by atoms with Gasteiger partial charge in [-0.1, -0.05) is 37.0 Å². The molecule has 1 aromatic carbocycles. The SMILES string of the molecule is Cc1ccc(C(=O)N2CCN(c3nc(C4CCCCC4)nc4sc5c(c34)CCCC5)CC2)cc1. The highest BCUT2D eigenvalue weighted by atomic mass is 32.1. The van der Waals surface area contributed by atoms with Crippen LogP contribution in [0.3, 0.4) is 0 Å². The van der Waals surface area contributed by atoms with Crippen LogP contribution in [0.25, 0.3) is 10.2 Å². The van der Waals surface area contributed by atoms with Gasteiger partial charge in [0.1, 0.15) is 16.5 Å². The summed E-state index contributed by atoms with van der Waals surface area (Å²) >= 11 is 1.92. The largest absolute Gasteiger partial charge is 0.352 e. The van der Waals surface area contributed by atoms with E-state index in [0.717, 1.165) is 49.8 Å². The summed E-state index contributed by atoms with van der Waals surface area (Å²) in [5.41, 5.74) is 3.48. The number of hydrogen-bond acceptors (Lipinski definition) is 5. The molecule has 6 heteroatoms. The quantitative estimate of drug-likeness (QED) is 0.475. The van der Waals surface area contributed by atoms with Gasteiger partial charge >= 0.3 is 0 Å². The standard InChI is InChI=1S/C28H34N4OS/c1-19-11-13-21(14-12-19)28(33)32-17-15-31(16-18-32)26-24-22-9-5-6-10-23(22)34-27(24)30-25(29-26)20-7-3-2-4-8-20/h11-14,20H,2-10,15-18H2,1H3. The van der Waals surface area contributed by atoms with Crippen LogP contribution in [0.2, 0.25) is 0 Å². The fourth-order valence-electron chi connectivity index (χ4n) is 5.93. The Morgan fingerprint density at radius 3 is 2.41 bits per heavy atom. The number of amides is 1. The number of aromatic nitrogens is 2. The second-order valence-corrected chi connectivity index (χ2v) is 11.4. The smallest absolute Gasteiger partial charge is 0.253 e. The Kier molecular flexibility index (Phi) is 6.02. The third kappa shape index (κ3) is 4.10.